The molecule has 25 heavy (non-hydrogen) atoms. The molecule has 0 fully saturated rings. The van der Waals surface area contributed by atoms with E-state index < -0.39 is 11.4 Å². The first-order valence-electron chi connectivity index (χ1n) is 7.92. The summed E-state index contributed by atoms with van der Waals surface area (Å²) in [6.07, 6.45) is 1.55. The van der Waals surface area contributed by atoms with Crippen molar-refractivity contribution in [1.82, 2.24) is 4.98 Å². The fourth-order valence-corrected chi connectivity index (χ4v) is 2.15. The number of rotatable bonds is 6. The molecule has 1 aromatic carbocycles. The molecule has 0 aliphatic rings. The molecule has 0 bridgehead atoms. The second-order valence-corrected chi connectivity index (χ2v) is 6.67. The van der Waals surface area contributed by atoms with Gasteiger partial charge < -0.3 is 15.2 Å². The molecule has 132 valence electrons. The van der Waals surface area contributed by atoms with Crippen LogP contribution in [0.1, 0.15) is 31.4 Å². The zero-order valence-corrected chi connectivity index (χ0v) is 14.8. The standard InChI is InChI=1S/C19H22N2O4/c1-12-7-8-20-17(9-12)25-15-10-14(6-5-13(15)2)21-16(22)11-19(3,4)18(23)24/h5-10H,11H2,1-4H3,(H,21,22)(H,23,24). The molecule has 2 rings (SSSR count). The number of carbonyl (C=O) groups excluding carboxylic acids is 1. The number of anilines is 1. The summed E-state index contributed by atoms with van der Waals surface area (Å²) in [7, 11) is 0. The van der Waals surface area contributed by atoms with Gasteiger partial charge in [-0.2, -0.15) is 0 Å². The maximum Gasteiger partial charge on any atom is 0.309 e. The van der Waals surface area contributed by atoms with Crippen LogP contribution < -0.4 is 10.1 Å². The molecule has 0 radical (unpaired) electrons. The Kier molecular flexibility index (Phi) is 5.41. The lowest BCUT2D eigenvalue weighted by Crippen LogP contribution is -2.29. The van der Waals surface area contributed by atoms with Gasteiger partial charge in [0.1, 0.15) is 5.75 Å². The van der Waals surface area contributed by atoms with E-state index in [1.54, 1.807) is 18.3 Å². The Labute approximate surface area is 146 Å². The van der Waals surface area contributed by atoms with Gasteiger partial charge in [-0.1, -0.05) is 6.07 Å². The van der Waals surface area contributed by atoms with Crippen molar-refractivity contribution in [2.75, 3.05) is 5.32 Å². The summed E-state index contributed by atoms with van der Waals surface area (Å²) in [5.41, 5.74) is 1.34. The van der Waals surface area contributed by atoms with E-state index in [0.29, 0.717) is 17.3 Å². The lowest BCUT2D eigenvalue weighted by molar-refractivity contribution is -0.148. The van der Waals surface area contributed by atoms with Crippen LogP contribution in [0.25, 0.3) is 0 Å². The Bertz CT molecular complexity index is 800. The molecule has 0 unspecified atom stereocenters. The number of aromatic nitrogens is 1. The number of carboxylic acid groups (broad SMARTS) is 1. The molecule has 0 atom stereocenters. The van der Waals surface area contributed by atoms with Crippen LogP contribution in [0.4, 0.5) is 5.69 Å². The Morgan fingerprint density at radius 2 is 1.92 bits per heavy atom. The highest BCUT2D eigenvalue weighted by Gasteiger charge is 2.30. The van der Waals surface area contributed by atoms with Crippen molar-refractivity contribution < 1.29 is 19.4 Å². The molecule has 1 aromatic heterocycles. The normalized spacial score (nSPS) is 11.0. The van der Waals surface area contributed by atoms with Gasteiger partial charge in [0.2, 0.25) is 11.8 Å². The monoisotopic (exact) mass is 342 g/mol. The van der Waals surface area contributed by atoms with Crippen molar-refractivity contribution in [3.63, 3.8) is 0 Å². The van der Waals surface area contributed by atoms with E-state index in [9.17, 15) is 9.59 Å². The van der Waals surface area contributed by atoms with Crippen molar-refractivity contribution in [2.45, 2.75) is 34.1 Å². The fourth-order valence-electron chi connectivity index (χ4n) is 2.15. The van der Waals surface area contributed by atoms with Gasteiger partial charge in [-0.05, 0) is 51.0 Å². The maximum atomic E-state index is 12.1. The first-order chi connectivity index (χ1) is 11.7. The van der Waals surface area contributed by atoms with Crippen LogP contribution in [0.15, 0.2) is 36.5 Å². The first kappa shape index (κ1) is 18.4. The number of carboxylic acids is 1. The molecule has 0 aliphatic heterocycles. The number of benzene rings is 1. The van der Waals surface area contributed by atoms with Gasteiger partial charge >= 0.3 is 5.97 Å². The third-order valence-corrected chi connectivity index (χ3v) is 3.76. The molecular weight excluding hydrogens is 320 g/mol. The molecule has 0 aliphatic carbocycles. The highest BCUT2D eigenvalue weighted by atomic mass is 16.5. The lowest BCUT2D eigenvalue weighted by Gasteiger charge is -2.18. The number of nitrogens with zero attached hydrogens (tertiary/aromatic N) is 1. The Balaban J connectivity index is 2.13. The van der Waals surface area contributed by atoms with E-state index in [2.05, 4.69) is 10.3 Å². The molecule has 1 heterocycles. The van der Waals surface area contributed by atoms with E-state index in [1.807, 2.05) is 32.0 Å². The Morgan fingerprint density at radius 1 is 1.20 bits per heavy atom. The van der Waals surface area contributed by atoms with Gasteiger partial charge in [-0.25, -0.2) is 4.98 Å². The van der Waals surface area contributed by atoms with Gasteiger partial charge in [-0.15, -0.1) is 0 Å². The van der Waals surface area contributed by atoms with Crippen LogP contribution >= 0.6 is 0 Å². The zero-order valence-electron chi connectivity index (χ0n) is 14.8. The summed E-state index contributed by atoms with van der Waals surface area (Å²) >= 11 is 0. The number of hydrogen-bond donors (Lipinski definition) is 2. The molecule has 6 nitrogen and oxygen atoms in total. The highest BCUT2D eigenvalue weighted by molar-refractivity contribution is 5.94. The predicted octanol–water partition coefficient (Wildman–Crippen LogP) is 3.93. The van der Waals surface area contributed by atoms with E-state index >= 15 is 0 Å². The quantitative estimate of drug-likeness (QED) is 0.830. The van der Waals surface area contributed by atoms with Gasteiger partial charge in [-0.3, -0.25) is 9.59 Å². The summed E-state index contributed by atoms with van der Waals surface area (Å²) < 4.78 is 5.79. The zero-order chi connectivity index (χ0) is 18.6. The van der Waals surface area contributed by atoms with Crippen LogP contribution in [0.5, 0.6) is 11.6 Å². The number of amides is 1. The van der Waals surface area contributed by atoms with E-state index in [4.69, 9.17) is 9.84 Å². The van der Waals surface area contributed by atoms with Crippen LogP contribution in [-0.2, 0) is 9.59 Å². The average molecular weight is 342 g/mol. The third kappa shape index (κ3) is 5.04. The number of hydrogen-bond acceptors (Lipinski definition) is 4. The van der Waals surface area contributed by atoms with Crippen molar-refractivity contribution in [1.29, 1.82) is 0 Å². The van der Waals surface area contributed by atoms with Gasteiger partial charge in [0.25, 0.3) is 0 Å². The summed E-state index contributed by atoms with van der Waals surface area (Å²) in [6, 6.07) is 8.96. The largest absolute Gasteiger partial charge is 0.481 e. The minimum absolute atomic E-state index is 0.119. The number of aryl methyl sites for hydroxylation is 2. The lowest BCUT2D eigenvalue weighted by atomic mass is 9.89. The van der Waals surface area contributed by atoms with Crippen LogP contribution in [0, 0.1) is 19.3 Å². The second kappa shape index (κ2) is 7.34. The highest BCUT2D eigenvalue weighted by Crippen LogP contribution is 2.28. The number of ether oxygens (including phenoxy) is 1. The Hall–Kier alpha value is -2.89. The molecule has 2 aromatic rings. The minimum Gasteiger partial charge on any atom is -0.481 e. The minimum atomic E-state index is -1.13. The van der Waals surface area contributed by atoms with Crippen molar-refractivity contribution >= 4 is 17.6 Å². The van der Waals surface area contributed by atoms with E-state index in [1.165, 1.54) is 13.8 Å². The van der Waals surface area contributed by atoms with Crippen LogP contribution in [-0.4, -0.2) is 22.0 Å². The SMILES string of the molecule is Cc1ccnc(Oc2cc(NC(=O)CC(C)(C)C(=O)O)ccc2C)c1. The molecule has 0 saturated heterocycles. The predicted molar refractivity (Wildman–Crippen MR) is 94.9 cm³/mol. The summed E-state index contributed by atoms with van der Waals surface area (Å²) in [4.78, 5) is 27.4. The van der Waals surface area contributed by atoms with Gasteiger partial charge in [0.15, 0.2) is 0 Å². The number of pyridine rings is 1. The van der Waals surface area contributed by atoms with E-state index in [-0.39, 0.29) is 12.3 Å². The molecule has 1 amide bonds. The van der Waals surface area contributed by atoms with Crippen LogP contribution in [0.2, 0.25) is 0 Å². The molecular formula is C19H22N2O4. The summed E-state index contributed by atoms with van der Waals surface area (Å²) in [5.74, 6) is -0.330. The average Bonchev–Trinajstić information content (AvgIpc) is 2.50. The number of carbonyl (C=O) groups is 2. The van der Waals surface area contributed by atoms with Gasteiger partial charge in [0.05, 0.1) is 5.41 Å². The van der Waals surface area contributed by atoms with E-state index in [0.717, 1.165) is 11.1 Å². The van der Waals surface area contributed by atoms with Gasteiger partial charge in [0, 0.05) is 30.4 Å². The number of nitrogens with one attached hydrogen (secondary N) is 1. The third-order valence-electron chi connectivity index (χ3n) is 3.76. The smallest absolute Gasteiger partial charge is 0.309 e. The second-order valence-electron chi connectivity index (χ2n) is 6.67. The Morgan fingerprint density at radius 3 is 2.56 bits per heavy atom. The summed E-state index contributed by atoms with van der Waals surface area (Å²) in [6.45, 7) is 6.87. The molecule has 0 spiro atoms. The topological polar surface area (TPSA) is 88.5 Å². The molecule has 2 N–H and O–H groups in total. The van der Waals surface area contributed by atoms with Crippen molar-refractivity contribution in [3.05, 3.63) is 47.7 Å². The summed E-state index contributed by atoms with van der Waals surface area (Å²) in [5, 5.41) is 11.8. The fraction of sp³-hybridized carbons (Fsp3) is 0.316. The van der Waals surface area contributed by atoms with Crippen LogP contribution in [0.3, 0.4) is 0 Å². The molecule has 6 heteroatoms. The maximum absolute atomic E-state index is 12.1. The molecule has 0 saturated carbocycles. The number of aliphatic carboxylic acids is 1. The van der Waals surface area contributed by atoms with Crippen molar-refractivity contribution in [2.24, 2.45) is 5.41 Å². The van der Waals surface area contributed by atoms with Crippen molar-refractivity contribution in [3.8, 4) is 11.6 Å². The first-order valence-corrected chi connectivity index (χ1v) is 7.92.